The van der Waals surface area contributed by atoms with Gasteiger partial charge in [0.05, 0.1) is 22.9 Å². The molecular formula is C12H12ClN7. The number of halogens is 1. The number of imidazole rings is 1. The number of nitrogens with one attached hydrogen (secondary N) is 1. The summed E-state index contributed by atoms with van der Waals surface area (Å²) in [5.74, 6) is 0.925. The van der Waals surface area contributed by atoms with Crippen LogP contribution in [0.15, 0.2) is 36.9 Å². The third-order valence-electron chi connectivity index (χ3n) is 2.92. The Balaban J connectivity index is 1.82. The molecule has 2 heterocycles. The third-order valence-corrected chi connectivity index (χ3v) is 3.25. The summed E-state index contributed by atoms with van der Waals surface area (Å²) >= 11 is 6.19. The molecule has 20 heavy (non-hydrogen) atoms. The van der Waals surface area contributed by atoms with Crippen molar-refractivity contribution in [3.05, 3.63) is 47.8 Å². The van der Waals surface area contributed by atoms with Crippen LogP contribution in [0, 0.1) is 0 Å². The van der Waals surface area contributed by atoms with E-state index in [1.165, 1.54) is 6.33 Å². The lowest BCUT2D eigenvalue weighted by Gasteiger charge is -2.10. The highest BCUT2D eigenvalue weighted by atomic mass is 35.5. The summed E-state index contributed by atoms with van der Waals surface area (Å²) < 4.78 is 3.52. The molecule has 0 amide bonds. The van der Waals surface area contributed by atoms with E-state index in [2.05, 4.69) is 25.8 Å². The molecule has 3 rings (SSSR count). The molecule has 7 nitrogen and oxygen atoms in total. The lowest BCUT2D eigenvalue weighted by Crippen LogP contribution is -2.06. The van der Waals surface area contributed by atoms with Gasteiger partial charge in [-0.3, -0.25) is 0 Å². The van der Waals surface area contributed by atoms with Crippen molar-refractivity contribution >= 4 is 17.3 Å². The summed E-state index contributed by atoms with van der Waals surface area (Å²) in [6.07, 6.45) is 5.19. The van der Waals surface area contributed by atoms with Gasteiger partial charge in [-0.2, -0.15) is 0 Å². The molecule has 0 radical (unpaired) electrons. The van der Waals surface area contributed by atoms with Crippen molar-refractivity contribution in [1.29, 1.82) is 0 Å². The Bertz CT molecular complexity index is 704. The van der Waals surface area contributed by atoms with Crippen molar-refractivity contribution in [2.75, 3.05) is 5.32 Å². The molecule has 1 N–H and O–H groups in total. The standard InChI is InChI=1S/C12H12ClN7/c1-19-5-4-14-12(19)7-15-11-6-9(2-3-10(11)13)20-8-16-17-18-20/h2-6,8,15H,7H2,1H3. The number of tetrazole rings is 1. The number of aryl methyl sites for hydroxylation is 1. The molecule has 0 saturated carbocycles. The van der Waals surface area contributed by atoms with E-state index < -0.39 is 0 Å². The highest BCUT2D eigenvalue weighted by Crippen LogP contribution is 2.24. The Labute approximate surface area is 120 Å². The molecular weight excluding hydrogens is 278 g/mol. The molecule has 0 bridgehead atoms. The first-order valence-electron chi connectivity index (χ1n) is 5.97. The molecule has 8 heteroatoms. The summed E-state index contributed by atoms with van der Waals surface area (Å²) in [5.41, 5.74) is 1.64. The average molecular weight is 290 g/mol. The minimum Gasteiger partial charge on any atom is -0.377 e. The van der Waals surface area contributed by atoms with Crippen molar-refractivity contribution in [2.24, 2.45) is 7.05 Å². The van der Waals surface area contributed by atoms with Gasteiger partial charge in [0.1, 0.15) is 12.2 Å². The van der Waals surface area contributed by atoms with E-state index >= 15 is 0 Å². The van der Waals surface area contributed by atoms with Gasteiger partial charge >= 0.3 is 0 Å². The van der Waals surface area contributed by atoms with Gasteiger partial charge in [-0.15, -0.1) is 5.10 Å². The topological polar surface area (TPSA) is 73.5 Å². The Morgan fingerprint density at radius 2 is 2.25 bits per heavy atom. The maximum atomic E-state index is 6.19. The van der Waals surface area contributed by atoms with Gasteiger partial charge in [0.15, 0.2) is 0 Å². The number of benzene rings is 1. The summed E-state index contributed by atoms with van der Waals surface area (Å²) in [6.45, 7) is 0.586. The van der Waals surface area contributed by atoms with Crippen LogP contribution < -0.4 is 5.32 Å². The predicted molar refractivity (Wildman–Crippen MR) is 74.7 cm³/mol. The van der Waals surface area contributed by atoms with Crippen LogP contribution in [0.5, 0.6) is 0 Å². The van der Waals surface area contributed by atoms with Gasteiger partial charge in [-0.05, 0) is 28.6 Å². The van der Waals surface area contributed by atoms with E-state index in [-0.39, 0.29) is 0 Å². The monoisotopic (exact) mass is 289 g/mol. The average Bonchev–Trinajstić information content (AvgIpc) is 3.10. The molecule has 0 saturated heterocycles. The molecule has 0 unspecified atom stereocenters. The van der Waals surface area contributed by atoms with Crippen LogP contribution in [0.2, 0.25) is 5.02 Å². The molecule has 3 aromatic rings. The Hall–Kier alpha value is -2.41. The predicted octanol–water partition coefficient (Wildman–Crippen LogP) is 1.66. The maximum Gasteiger partial charge on any atom is 0.143 e. The fourth-order valence-corrected chi connectivity index (χ4v) is 2.00. The van der Waals surface area contributed by atoms with Gasteiger partial charge in [-0.1, -0.05) is 11.6 Å². The Kier molecular flexibility index (Phi) is 3.34. The number of anilines is 1. The minimum atomic E-state index is 0.586. The van der Waals surface area contributed by atoms with E-state index in [9.17, 15) is 0 Å². The number of nitrogens with zero attached hydrogens (tertiary/aromatic N) is 6. The molecule has 0 aliphatic heterocycles. The molecule has 0 aliphatic carbocycles. The molecule has 0 fully saturated rings. The van der Waals surface area contributed by atoms with Gasteiger partial charge in [-0.25, -0.2) is 9.67 Å². The van der Waals surface area contributed by atoms with Crippen molar-refractivity contribution in [3.63, 3.8) is 0 Å². The second-order valence-electron chi connectivity index (χ2n) is 4.23. The molecule has 0 aliphatic rings. The van der Waals surface area contributed by atoms with Crippen LogP contribution in [-0.2, 0) is 13.6 Å². The number of hydrogen-bond acceptors (Lipinski definition) is 5. The second kappa shape index (κ2) is 5.30. The van der Waals surface area contributed by atoms with E-state index in [1.807, 2.05) is 29.9 Å². The summed E-state index contributed by atoms with van der Waals surface area (Å²) in [7, 11) is 1.95. The van der Waals surface area contributed by atoms with Gasteiger partial charge in [0.2, 0.25) is 0 Å². The quantitative estimate of drug-likeness (QED) is 0.791. The smallest absolute Gasteiger partial charge is 0.143 e. The van der Waals surface area contributed by atoms with Gasteiger partial charge in [0.25, 0.3) is 0 Å². The Morgan fingerprint density at radius 3 is 2.95 bits per heavy atom. The van der Waals surface area contributed by atoms with Crippen LogP contribution in [-0.4, -0.2) is 29.8 Å². The zero-order valence-corrected chi connectivity index (χ0v) is 11.5. The van der Waals surface area contributed by atoms with Gasteiger partial charge in [0, 0.05) is 19.4 Å². The summed E-state index contributed by atoms with van der Waals surface area (Å²) in [6, 6.07) is 5.55. The molecule has 0 atom stereocenters. The lowest BCUT2D eigenvalue weighted by molar-refractivity contribution is 0.788. The fraction of sp³-hybridized carbons (Fsp3) is 0.167. The second-order valence-corrected chi connectivity index (χ2v) is 4.63. The molecule has 2 aromatic heterocycles. The summed E-state index contributed by atoms with van der Waals surface area (Å²) in [4.78, 5) is 4.25. The number of hydrogen-bond donors (Lipinski definition) is 1. The molecule has 1 aromatic carbocycles. The van der Waals surface area contributed by atoms with Crippen molar-refractivity contribution < 1.29 is 0 Å². The minimum absolute atomic E-state index is 0.586. The van der Waals surface area contributed by atoms with Crippen LogP contribution >= 0.6 is 11.6 Å². The van der Waals surface area contributed by atoms with Crippen LogP contribution in [0.1, 0.15) is 5.82 Å². The normalized spacial score (nSPS) is 10.7. The molecule has 0 spiro atoms. The number of aromatic nitrogens is 6. The van der Waals surface area contributed by atoms with Gasteiger partial charge < -0.3 is 9.88 Å². The lowest BCUT2D eigenvalue weighted by atomic mass is 10.2. The highest BCUT2D eigenvalue weighted by Gasteiger charge is 2.06. The van der Waals surface area contributed by atoms with E-state index in [4.69, 9.17) is 11.6 Å². The Morgan fingerprint density at radius 1 is 1.35 bits per heavy atom. The van der Waals surface area contributed by atoms with Crippen molar-refractivity contribution in [2.45, 2.75) is 6.54 Å². The van der Waals surface area contributed by atoms with Crippen LogP contribution in [0.4, 0.5) is 5.69 Å². The molecule has 102 valence electrons. The fourth-order valence-electron chi connectivity index (χ4n) is 1.81. The van der Waals surface area contributed by atoms with Crippen LogP contribution in [0.25, 0.3) is 5.69 Å². The van der Waals surface area contributed by atoms with E-state index in [1.54, 1.807) is 16.9 Å². The maximum absolute atomic E-state index is 6.19. The largest absolute Gasteiger partial charge is 0.377 e. The first-order chi connectivity index (χ1) is 9.74. The first-order valence-corrected chi connectivity index (χ1v) is 6.35. The van der Waals surface area contributed by atoms with Crippen molar-refractivity contribution in [3.8, 4) is 5.69 Å². The first kappa shape index (κ1) is 12.6. The zero-order chi connectivity index (χ0) is 13.9. The SMILES string of the molecule is Cn1ccnc1CNc1cc(-n2cnnn2)ccc1Cl. The third kappa shape index (κ3) is 2.48. The summed E-state index contributed by atoms with van der Waals surface area (Å²) in [5, 5.41) is 15.0. The van der Waals surface area contributed by atoms with E-state index in [0.29, 0.717) is 11.6 Å². The van der Waals surface area contributed by atoms with Crippen molar-refractivity contribution in [1.82, 2.24) is 29.8 Å². The highest BCUT2D eigenvalue weighted by molar-refractivity contribution is 6.33. The van der Waals surface area contributed by atoms with E-state index in [0.717, 1.165) is 17.2 Å². The van der Waals surface area contributed by atoms with Crippen LogP contribution in [0.3, 0.4) is 0 Å². The number of rotatable bonds is 4. The zero-order valence-electron chi connectivity index (χ0n) is 10.7.